The van der Waals surface area contributed by atoms with Crippen LogP contribution < -0.4 is 16.8 Å². The van der Waals surface area contributed by atoms with Gasteiger partial charge in [-0.3, -0.25) is 0 Å². The quantitative estimate of drug-likeness (QED) is 0.554. The molecule has 1 aromatic carbocycles. The van der Waals surface area contributed by atoms with E-state index in [1.54, 1.807) is 6.20 Å². The Labute approximate surface area is 146 Å². The van der Waals surface area contributed by atoms with Gasteiger partial charge >= 0.3 is 0 Å². The molecule has 0 atom stereocenters. The lowest BCUT2D eigenvalue weighted by atomic mass is 10.1. The second kappa shape index (κ2) is 7.53. The molecule has 0 fully saturated rings. The maximum Gasteiger partial charge on any atom is 0.149 e. The summed E-state index contributed by atoms with van der Waals surface area (Å²) >= 11 is 0. The van der Waals surface area contributed by atoms with Crippen LogP contribution in [-0.4, -0.2) is 21.5 Å². The number of rotatable bonds is 6. The molecule has 0 bridgehead atoms. The van der Waals surface area contributed by atoms with Crippen molar-refractivity contribution in [2.24, 2.45) is 5.73 Å². The van der Waals surface area contributed by atoms with Gasteiger partial charge in [-0.15, -0.1) is 0 Å². The summed E-state index contributed by atoms with van der Waals surface area (Å²) in [5.41, 5.74) is 15.2. The standard InChI is InChI=1S/C19H22N6/c1-2-6-18(20)22-10-5-9-16-19(21)24-12-17(25-16)14-11-23-15-8-4-3-7-13(14)15/h3-9,11-12,22-23H,2,10,20H2,1H3,(H2,21,24)/b9-5+,18-6-. The number of anilines is 1. The minimum atomic E-state index is 0.400. The Morgan fingerprint density at radius 1 is 1.32 bits per heavy atom. The molecule has 0 unspecified atom stereocenters. The van der Waals surface area contributed by atoms with E-state index in [0.717, 1.165) is 28.6 Å². The van der Waals surface area contributed by atoms with Crippen LogP contribution in [0.4, 0.5) is 5.82 Å². The van der Waals surface area contributed by atoms with Crippen LogP contribution >= 0.6 is 0 Å². The maximum atomic E-state index is 5.96. The molecule has 0 spiro atoms. The highest BCUT2D eigenvalue weighted by Crippen LogP contribution is 2.27. The van der Waals surface area contributed by atoms with Crippen LogP contribution in [0.5, 0.6) is 0 Å². The number of nitrogens with one attached hydrogen (secondary N) is 2. The summed E-state index contributed by atoms with van der Waals surface area (Å²) in [5.74, 6) is 1.07. The molecule has 3 rings (SSSR count). The Balaban J connectivity index is 1.82. The molecule has 0 saturated carbocycles. The Hall–Kier alpha value is -3.28. The molecule has 2 aromatic heterocycles. The highest BCUT2D eigenvalue weighted by Gasteiger charge is 2.09. The third-order valence-corrected chi connectivity index (χ3v) is 3.82. The van der Waals surface area contributed by atoms with Crippen LogP contribution in [0, 0.1) is 0 Å². The van der Waals surface area contributed by atoms with Crippen molar-refractivity contribution in [2.75, 3.05) is 12.3 Å². The number of hydrogen-bond donors (Lipinski definition) is 4. The number of nitrogens with two attached hydrogens (primary N) is 2. The number of aromatic amines is 1. The zero-order valence-electron chi connectivity index (χ0n) is 14.2. The molecule has 6 nitrogen and oxygen atoms in total. The van der Waals surface area contributed by atoms with Gasteiger partial charge in [-0.1, -0.05) is 31.2 Å². The number of para-hydroxylation sites is 1. The van der Waals surface area contributed by atoms with Gasteiger partial charge in [0.2, 0.25) is 0 Å². The van der Waals surface area contributed by atoms with E-state index < -0.39 is 0 Å². The molecule has 0 amide bonds. The molecule has 0 aliphatic heterocycles. The number of nitrogen functional groups attached to an aromatic ring is 1. The lowest BCUT2D eigenvalue weighted by molar-refractivity contribution is 0.875. The van der Waals surface area contributed by atoms with Gasteiger partial charge in [-0.05, 0) is 24.6 Å². The lowest BCUT2D eigenvalue weighted by Gasteiger charge is -2.04. The van der Waals surface area contributed by atoms with Gasteiger partial charge in [0.15, 0.2) is 0 Å². The topological polar surface area (TPSA) is 106 Å². The summed E-state index contributed by atoms with van der Waals surface area (Å²) in [6.07, 6.45) is 10.2. The van der Waals surface area contributed by atoms with Crippen LogP contribution in [0.3, 0.4) is 0 Å². The van der Waals surface area contributed by atoms with E-state index in [9.17, 15) is 0 Å². The van der Waals surface area contributed by atoms with E-state index in [-0.39, 0.29) is 0 Å². The fourth-order valence-corrected chi connectivity index (χ4v) is 2.59. The minimum Gasteiger partial charge on any atom is -0.386 e. The lowest BCUT2D eigenvalue weighted by Crippen LogP contribution is -2.19. The van der Waals surface area contributed by atoms with Crippen LogP contribution in [-0.2, 0) is 0 Å². The first-order valence-corrected chi connectivity index (χ1v) is 8.24. The Kier molecular flexibility index (Phi) is 4.99. The van der Waals surface area contributed by atoms with E-state index in [2.05, 4.69) is 26.3 Å². The summed E-state index contributed by atoms with van der Waals surface area (Å²) in [6.45, 7) is 2.64. The summed E-state index contributed by atoms with van der Waals surface area (Å²) in [6, 6.07) is 8.09. The summed E-state index contributed by atoms with van der Waals surface area (Å²) < 4.78 is 0. The van der Waals surface area contributed by atoms with E-state index in [1.165, 1.54) is 0 Å². The SMILES string of the molecule is CC/C=C(/N)NC/C=C/c1nc(-c2c[nH]c3ccccc23)cnc1N. The number of H-pyrrole nitrogens is 1. The van der Waals surface area contributed by atoms with E-state index in [1.807, 2.05) is 49.5 Å². The van der Waals surface area contributed by atoms with Crippen molar-refractivity contribution in [1.29, 1.82) is 0 Å². The molecule has 6 N–H and O–H groups in total. The molecule has 0 aliphatic carbocycles. The van der Waals surface area contributed by atoms with Gasteiger partial charge in [0.25, 0.3) is 0 Å². The van der Waals surface area contributed by atoms with Gasteiger partial charge in [0, 0.05) is 29.2 Å². The highest BCUT2D eigenvalue weighted by atomic mass is 15.0. The molecule has 2 heterocycles. The first-order valence-electron chi connectivity index (χ1n) is 8.24. The van der Waals surface area contributed by atoms with Crippen molar-refractivity contribution in [3.05, 3.63) is 60.3 Å². The second-order valence-electron chi connectivity index (χ2n) is 5.62. The average Bonchev–Trinajstić information content (AvgIpc) is 3.04. The highest BCUT2D eigenvalue weighted by molar-refractivity contribution is 5.94. The fraction of sp³-hybridized carbons (Fsp3) is 0.158. The first kappa shape index (κ1) is 16.6. The normalized spacial score (nSPS) is 12.1. The Bertz CT molecular complexity index is 923. The van der Waals surface area contributed by atoms with Crippen LogP contribution in [0.2, 0.25) is 0 Å². The van der Waals surface area contributed by atoms with Gasteiger partial charge in [-0.25, -0.2) is 9.97 Å². The number of nitrogens with zero attached hydrogens (tertiary/aromatic N) is 2. The van der Waals surface area contributed by atoms with Gasteiger partial charge in [-0.2, -0.15) is 0 Å². The zero-order chi connectivity index (χ0) is 17.6. The monoisotopic (exact) mass is 334 g/mol. The third-order valence-electron chi connectivity index (χ3n) is 3.82. The van der Waals surface area contributed by atoms with Gasteiger partial charge < -0.3 is 21.8 Å². The predicted octanol–water partition coefficient (Wildman–Crippen LogP) is 3.02. The molecular formula is C19H22N6. The number of fused-ring (bicyclic) bond motifs is 1. The minimum absolute atomic E-state index is 0.400. The summed E-state index contributed by atoms with van der Waals surface area (Å²) in [4.78, 5) is 12.2. The van der Waals surface area contributed by atoms with Crippen LogP contribution in [0.15, 0.2) is 54.6 Å². The van der Waals surface area contributed by atoms with Crippen molar-refractivity contribution in [3.8, 4) is 11.3 Å². The molecular weight excluding hydrogens is 312 g/mol. The summed E-state index contributed by atoms with van der Waals surface area (Å²) in [5, 5.41) is 4.20. The number of aromatic nitrogens is 3. The van der Waals surface area contributed by atoms with Crippen LogP contribution in [0.25, 0.3) is 28.2 Å². The molecule has 0 radical (unpaired) electrons. The molecule has 128 valence electrons. The fourth-order valence-electron chi connectivity index (χ4n) is 2.59. The molecule has 0 aliphatic rings. The third kappa shape index (κ3) is 3.80. The molecule has 0 saturated heterocycles. The summed E-state index contributed by atoms with van der Waals surface area (Å²) in [7, 11) is 0. The van der Waals surface area contributed by atoms with Gasteiger partial charge in [0.1, 0.15) is 11.5 Å². The number of benzene rings is 1. The number of hydrogen-bond acceptors (Lipinski definition) is 5. The maximum absolute atomic E-state index is 5.96. The molecule has 3 aromatic rings. The van der Waals surface area contributed by atoms with Crippen molar-refractivity contribution in [3.63, 3.8) is 0 Å². The Morgan fingerprint density at radius 3 is 3.00 bits per heavy atom. The van der Waals surface area contributed by atoms with Gasteiger partial charge in [0.05, 0.1) is 17.7 Å². The average molecular weight is 334 g/mol. The van der Waals surface area contributed by atoms with E-state index >= 15 is 0 Å². The number of allylic oxidation sites excluding steroid dienone is 1. The molecule has 6 heteroatoms. The van der Waals surface area contributed by atoms with Crippen molar-refractivity contribution in [2.45, 2.75) is 13.3 Å². The Morgan fingerprint density at radius 2 is 2.16 bits per heavy atom. The van der Waals surface area contributed by atoms with Crippen molar-refractivity contribution in [1.82, 2.24) is 20.3 Å². The second-order valence-corrected chi connectivity index (χ2v) is 5.62. The largest absolute Gasteiger partial charge is 0.386 e. The molecule has 25 heavy (non-hydrogen) atoms. The van der Waals surface area contributed by atoms with E-state index in [4.69, 9.17) is 11.5 Å². The van der Waals surface area contributed by atoms with Crippen LogP contribution in [0.1, 0.15) is 19.0 Å². The smallest absolute Gasteiger partial charge is 0.149 e. The predicted molar refractivity (Wildman–Crippen MR) is 103 cm³/mol. The zero-order valence-corrected chi connectivity index (χ0v) is 14.2. The van der Waals surface area contributed by atoms with E-state index in [0.29, 0.717) is 23.9 Å². The van der Waals surface area contributed by atoms with Crippen molar-refractivity contribution >= 4 is 22.8 Å². The van der Waals surface area contributed by atoms with Crippen molar-refractivity contribution < 1.29 is 0 Å². The first-order chi connectivity index (χ1) is 12.2.